The van der Waals surface area contributed by atoms with Crippen LogP contribution in [0.1, 0.15) is 33.1 Å². The third-order valence-electron chi connectivity index (χ3n) is 3.06. The minimum atomic E-state index is -0.407. The largest absolute Gasteiger partial charge is 0.447 e. The van der Waals surface area contributed by atoms with Gasteiger partial charge in [-0.1, -0.05) is 13.8 Å². The average Bonchev–Trinajstić information content (AvgIpc) is 2.19. The van der Waals surface area contributed by atoms with Crippen LogP contribution in [0.4, 0.5) is 4.79 Å². The van der Waals surface area contributed by atoms with Gasteiger partial charge in [-0.15, -0.1) is 0 Å². The quantitative estimate of drug-likeness (QED) is 0.750. The summed E-state index contributed by atoms with van der Waals surface area (Å²) in [6.07, 6.45) is 2.94. The number of carbonyl (C=O) groups excluding carboxylic acids is 1. The standard InChI is InChI=1S/C11H21NO3/c1-8-3-4-10(9(2)7-8)12-11(14)15-6-5-13/h8-10,13H,3-7H2,1-2H3,(H,12,14). The van der Waals surface area contributed by atoms with Crippen molar-refractivity contribution in [2.45, 2.75) is 39.2 Å². The highest BCUT2D eigenvalue weighted by molar-refractivity contribution is 5.67. The predicted octanol–water partition coefficient (Wildman–Crippen LogP) is 1.53. The van der Waals surface area contributed by atoms with Crippen molar-refractivity contribution in [3.63, 3.8) is 0 Å². The van der Waals surface area contributed by atoms with Crippen LogP contribution < -0.4 is 5.32 Å². The first-order valence-corrected chi connectivity index (χ1v) is 5.67. The first-order valence-electron chi connectivity index (χ1n) is 5.67. The first-order chi connectivity index (χ1) is 7.13. The van der Waals surface area contributed by atoms with Gasteiger partial charge < -0.3 is 15.2 Å². The monoisotopic (exact) mass is 215 g/mol. The van der Waals surface area contributed by atoms with Gasteiger partial charge in [0.1, 0.15) is 6.61 Å². The molecule has 4 nitrogen and oxygen atoms in total. The second kappa shape index (κ2) is 5.95. The molecule has 0 aromatic rings. The van der Waals surface area contributed by atoms with Gasteiger partial charge in [-0.3, -0.25) is 0 Å². The van der Waals surface area contributed by atoms with Gasteiger partial charge in [0.25, 0.3) is 0 Å². The van der Waals surface area contributed by atoms with Crippen LogP contribution in [0, 0.1) is 11.8 Å². The van der Waals surface area contributed by atoms with E-state index in [4.69, 9.17) is 9.84 Å². The van der Waals surface area contributed by atoms with Crippen LogP contribution in [0.3, 0.4) is 0 Å². The van der Waals surface area contributed by atoms with E-state index < -0.39 is 6.09 Å². The number of ether oxygens (including phenoxy) is 1. The second-order valence-corrected chi connectivity index (χ2v) is 4.51. The lowest BCUT2D eigenvalue weighted by Gasteiger charge is -2.32. The van der Waals surface area contributed by atoms with Crippen molar-refractivity contribution in [3.05, 3.63) is 0 Å². The molecule has 2 N–H and O–H groups in total. The third kappa shape index (κ3) is 4.08. The predicted molar refractivity (Wildman–Crippen MR) is 57.5 cm³/mol. The van der Waals surface area contributed by atoms with Crippen LogP contribution in [0.2, 0.25) is 0 Å². The van der Waals surface area contributed by atoms with Crippen LogP contribution >= 0.6 is 0 Å². The average molecular weight is 215 g/mol. The Morgan fingerprint density at radius 3 is 2.80 bits per heavy atom. The first kappa shape index (κ1) is 12.3. The Balaban J connectivity index is 2.28. The van der Waals surface area contributed by atoms with E-state index in [1.54, 1.807) is 0 Å². The molecule has 0 spiro atoms. The van der Waals surface area contributed by atoms with E-state index >= 15 is 0 Å². The maximum atomic E-state index is 11.3. The molecule has 3 unspecified atom stereocenters. The molecule has 15 heavy (non-hydrogen) atoms. The molecule has 1 rings (SSSR count). The number of carbonyl (C=O) groups is 1. The molecule has 1 aliphatic carbocycles. The maximum Gasteiger partial charge on any atom is 0.407 e. The SMILES string of the molecule is CC1CCC(NC(=O)OCCO)C(C)C1. The van der Waals surface area contributed by atoms with Crippen molar-refractivity contribution in [3.8, 4) is 0 Å². The Bertz CT molecular complexity index is 208. The molecule has 88 valence electrons. The summed E-state index contributed by atoms with van der Waals surface area (Å²) in [6.45, 7) is 4.36. The van der Waals surface area contributed by atoms with Crippen LogP contribution in [-0.2, 0) is 4.74 Å². The molecule has 1 saturated carbocycles. The fraction of sp³-hybridized carbons (Fsp3) is 0.909. The van der Waals surface area contributed by atoms with Crippen molar-refractivity contribution >= 4 is 6.09 Å². The van der Waals surface area contributed by atoms with Crippen LogP contribution in [-0.4, -0.2) is 30.5 Å². The van der Waals surface area contributed by atoms with E-state index in [0.717, 1.165) is 25.2 Å². The van der Waals surface area contributed by atoms with Crippen LogP contribution in [0.25, 0.3) is 0 Å². The Kier molecular flexibility index (Phi) is 4.88. The molecular weight excluding hydrogens is 194 g/mol. The fourth-order valence-corrected chi connectivity index (χ4v) is 2.21. The van der Waals surface area contributed by atoms with Crippen molar-refractivity contribution in [2.75, 3.05) is 13.2 Å². The van der Waals surface area contributed by atoms with E-state index in [9.17, 15) is 4.79 Å². The maximum absolute atomic E-state index is 11.3. The van der Waals surface area contributed by atoms with E-state index in [0.29, 0.717) is 5.92 Å². The summed E-state index contributed by atoms with van der Waals surface area (Å²) >= 11 is 0. The molecule has 0 bridgehead atoms. The van der Waals surface area contributed by atoms with E-state index in [2.05, 4.69) is 19.2 Å². The van der Waals surface area contributed by atoms with Crippen LogP contribution in [0.5, 0.6) is 0 Å². The minimum absolute atomic E-state index is 0.0728. The highest BCUT2D eigenvalue weighted by Gasteiger charge is 2.26. The molecule has 0 aliphatic heterocycles. The summed E-state index contributed by atoms with van der Waals surface area (Å²) in [5, 5.41) is 11.4. The van der Waals surface area contributed by atoms with Gasteiger partial charge in [-0.05, 0) is 31.1 Å². The number of aliphatic hydroxyl groups excluding tert-OH is 1. The highest BCUT2D eigenvalue weighted by Crippen LogP contribution is 2.28. The Labute approximate surface area is 91.0 Å². The fourth-order valence-electron chi connectivity index (χ4n) is 2.21. The Morgan fingerprint density at radius 2 is 2.20 bits per heavy atom. The molecule has 3 atom stereocenters. The van der Waals surface area contributed by atoms with Gasteiger partial charge in [0.15, 0.2) is 0 Å². The summed E-state index contributed by atoms with van der Waals surface area (Å²) in [4.78, 5) is 11.3. The molecule has 0 heterocycles. The Hall–Kier alpha value is -0.770. The van der Waals surface area contributed by atoms with Crippen molar-refractivity contribution < 1.29 is 14.6 Å². The molecule has 0 saturated heterocycles. The highest BCUT2D eigenvalue weighted by atomic mass is 16.6. The summed E-state index contributed by atoms with van der Waals surface area (Å²) in [5.41, 5.74) is 0. The summed E-state index contributed by atoms with van der Waals surface area (Å²) in [7, 11) is 0. The van der Waals surface area contributed by atoms with Gasteiger partial charge in [0, 0.05) is 6.04 Å². The normalized spacial score (nSPS) is 31.0. The lowest BCUT2D eigenvalue weighted by molar-refractivity contribution is 0.108. The zero-order chi connectivity index (χ0) is 11.3. The molecule has 0 aromatic carbocycles. The van der Waals surface area contributed by atoms with Gasteiger partial charge >= 0.3 is 6.09 Å². The number of rotatable bonds is 3. The number of nitrogens with one attached hydrogen (secondary N) is 1. The zero-order valence-corrected chi connectivity index (χ0v) is 9.53. The summed E-state index contributed by atoms with van der Waals surface area (Å²) in [6, 6.07) is 0.229. The summed E-state index contributed by atoms with van der Waals surface area (Å²) < 4.78 is 4.77. The van der Waals surface area contributed by atoms with Gasteiger partial charge in [-0.25, -0.2) is 4.79 Å². The van der Waals surface area contributed by atoms with Crippen molar-refractivity contribution in [2.24, 2.45) is 11.8 Å². The molecule has 1 amide bonds. The summed E-state index contributed by atoms with van der Waals surface area (Å²) in [5.74, 6) is 1.27. The number of aliphatic hydroxyl groups is 1. The topological polar surface area (TPSA) is 58.6 Å². The van der Waals surface area contributed by atoms with Gasteiger partial charge in [-0.2, -0.15) is 0 Å². The Morgan fingerprint density at radius 1 is 1.47 bits per heavy atom. The van der Waals surface area contributed by atoms with Gasteiger partial charge in [0.2, 0.25) is 0 Å². The number of amides is 1. The van der Waals surface area contributed by atoms with E-state index in [-0.39, 0.29) is 19.3 Å². The van der Waals surface area contributed by atoms with E-state index in [1.807, 2.05) is 0 Å². The van der Waals surface area contributed by atoms with Crippen LogP contribution in [0.15, 0.2) is 0 Å². The number of alkyl carbamates (subject to hydrolysis) is 1. The third-order valence-corrected chi connectivity index (χ3v) is 3.06. The molecule has 0 aromatic heterocycles. The second-order valence-electron chi connectivity index (χ2n) is 4.51. The molecule has 1 fully saturated rings. The number of hydrogen-bond donors (Lipinski definition) is 2. The van der Waals surface area contributed by atoms with Gasteiger partial charge in [0.05, 0.1) is 6.61 Å². The lowest BCUT2D eigenvalue weighted by atomic mass is 9.80. The lowest BCUT2D eigenvalue weighted by Crippen LogP contribution is -2.42. The van der Waals surface area contributed by atoms with E-state index in [1.165, 1.54) is 0 Å². The zero-order valence-electron chi connectivity index (χ0n) is 9.53. The number of hydrogen-bond acceptors (Lipinski definition) is 3. The van der Waals surface area contributed by atoms with Crippen molar-refractivity contribution in [1.29, 1.82) is 0 Å². The molecule has 4 heteroatoms. The minimum Gasteiger partial charge on any atom is -0.447 e. The smallest absolute Gasteiger partial charge is 0.407 e. The molecule has 0 radical (unpaired) electrons. The molecule has 1 aliphatic rings. The van der Waals surface area contributed by atoms with Crippen molar-refractivity contribution in [1.82, 2.24) is 5.32 Å². The molecular formula is C11H21NO3.